The summed E-state index contributed by atoms with van der Waals surface area (Å²) in [5.41, 5.74) is 0.685. The van der Waals surface area contributed by atoms with Gasteiger partial charge in [-0.05, 0) is 32.8 Å². The summed E-state index contributed by atoms with van der Waals surface area (Å²) in [5, 5.41) is 0. The largest absolute Gasteiger partial charge is 0.462 e. The Kier molecular flexibility index (Phi) is 7.80. The maximum absolute atomic E-state index is 12.6. The van der Waals surface area contributed by atoms with Crippen LogP contribution < -0.4 is 0 Å². The molecule has 1 heterocycles. The van der Waals surface area contributed by atoms with Gasteiger partial charge < -0.3 is 18.6 Å². The van der Waals surface area contributed by atoms with E-state index in [4.69, 9.17) is 18.6 Å². The van der Waals surface area contributed by atoms with Crippen LogP contribution in [0.15, 0.2) is 34.7 Å². The summed E-state index contributed by atoms with van der Waals surface area (Å²) in [6, 6.07) is 9.57. The Hall–Kier alpha value is -3.09. The van der Waals surface area contributed by atoms with E-state index in [1.54, 1.807) is 20.8 Å². The summed E-state index contributed by atoms with van der Waals surface area (Å²) in [7, 11) is 0. The summed E-state index contributed by atoms with van der Waals surface area (Å²) in [6.45, 7) is 5.19. The first-order chi connectivity index (χ1) is 13.5. The Labute approximate surface area is 163 Å². The molecule has 0 aliphatic carbocycles. The Balaban J connectivity index is 2.51. The molecule has 0 unspecified atom stereocenters. The molecule has 7 heteroatoms. The molecular weight excluding hydrogens is 364 g/mol. The summed E-state index contributed by atoms with van der Waals surface area (Å²) in [4.78, 5) is 37.4. The maximum Gasteiger partial charge on any atom is 0.375 e. The first-order valence-electron chi connectivity index (χ1n) is 9.24. The van der Waals surface area contributed by atoms with Gasteiger partial charge in [-0.1, -0.05) is 30.3 Å². The average Bonchev–Trinajstić information content (AvgIpc) is 3.07. The molecular formula is C21H24O7. The second kappa shape index (κ2) is 10.3. The molecule has 1 aromatic heterocycles. The van der Waals surface area contributed by atoms with Crippen molar-refractivity contribution < 1.29 is 33.0 Å². The van der Waals surface area contributed by atoms with Crippen molar-refractivity contribution in [3.63, 3.8) is 0 Å². The topological polar surface area (TPSA) is 92.0 Å². The number of carbonyl (C=O) groups excluding carboxylic acids is 3. The molecule has 0 saturated carbocycles. The summed E-state index contributed by atoms with van der Waals surface area (Å²) in [6.07, 6.45) is 0.843. The highest BCUT2D eigenvalue weighted by molar-refractivity contribution is 6.10. The summed E-state index contributed by atoms with van der Waals surface area (Å²) in [5.74, 6) is -2.56. The van der Waals surface area contributed by atoms with Gasteiger partial charge in [-0.2, -0.15) is 0 Å². The zero-order valence-corrected chi connectivity index (χ0v) is 16.3. The van der Waals surface area contributed by atoms with Crippen LogP contribution in [-0.4, -0.2) is 37.7 Å². The lowest BCUT2D eigenvalue weighted by molar-refractivity contribution is 0.0445. The Morgan fingerprint density at radius 2 is 1.29 bits per heavy atom. The first-order valence-corrected chi connectivity index (χ1v) is 9.24. The maximum atomic E-state index is 12.6. The molecule has 0 N–H and O–H groups in total. The fourth-order valence-electron chi connectivity index (χ4n) is 2.71. The summed E-state index contributed by atoms with van der Waals surface area (Å²) < 4.78 is 20.7. The minimum absolute atomic E-state index is 0.0773. The number of hydrogen-bond acceptors (Lipinski definition) is 7. The fourth-order valence-corrected chi connectivity index (χ4v) is 2.71. The van der Waals surface area contributed by atoms with Crippen molar-refractivity contribution in [3.8, 4) is 0 Å². The van der Waals surface area contributed by atoms with Crippen LogP contribution in [0.25, 0.3) is 0 Å². The quantitative estimate of drug-likeness (QED) is 0.479. The molecule has 28 heavy (non-hydrogen) atoms. The van der Waals surface area contributed by atoms with Crippen LogP contribution in [0, 0.1) is 0 Å². The van der Waals surface area contributed by atoms with Crippen molar-refractivity contribution in [1.82, 2.24) is 0 Å². The van der Waals surface area contributed by atoms with Crippen molar-refractivity contribution in [3.05, 3.63) is 58.5 Å². The third-order valence-corrected chi connectivity index (χ3v) is 3.88. The molecule has 2 rings (SSSR count). The second-order valence-electron chi connectivity index (χ2n) is 5.75. The van der Waals surface area contributed by atoms with Crippen LogP contribution >= 0.6 is 0 Å². The van der Waals surface area contributed by atoms with Gasteiger partial charge >= 0.3 is 17.9 Å². The zero-order valence-electron chi connectivity index (χ0n) is 16.3. The molecule has 0 bridgehead atoms. The number of aryl methyl sites for hydroxylation is 2. The lowest BCUT2D eigenvalue weighted by Crippen LogP contribution is -2.17. The average molecular weight is 388 g/mol. The first kappa shape index (κ1) is 21.2. The number of furan rings is 1. The highest BCUT2D eigenvalue weighted by Crippen LogP contribution is 2.27. The number of carbonyl (C=O) groups is 3. The van der Waals surface area contributed by atoms with Crippen molar-refractivity contribution in [2.75, 3.05) is 19.8 Å². The van der Waals surface area contributed by atoms with E-state index in [-0.39, 0.29) is 42.5 Å². The van der Waals surface area contributed by atoms with Crippen LogP contribution in [0.3, 0.4) is 0 Å². The molecule has 0 radical (unpaired) electrons. The van der Waals surface area contributed by atoms with Crippen molar-refractivity contribution >= 4 is 17.9 Å². The standard InChI is InChI=1S/C21H24O7/c1-4-25-19(22)16-15(13-12-14-10-8-7-9-11-14)28-18(21(24)27-6-3)17(16)20(23)26-5-2/h7-11H,4-6,12-13H2,1-3H3. The van der Waals surface area contributed by atoms with E-state index in [9.17, 15) is 14.4 Å². The third kappa shape index (κ3) is 5.00. The number of esters is 3. The van der Waals surface area contributed by atoms with Gasteiger partial charge in [0.05, 0.1) is 19.8 Å². The minimum atomic E-state index is -0.831. The minimum Gasteiger partial charge on any atom is -0.462 e. The molecule has 0 atom stereocenters. The van der Waals surface area contributed by atoms with E-state index in [1.165, 1.54) is 0 Å². The second-order valence-corrected chi connectivity index (χ2v) is 5.75. The predicted octanol–water partition coefficient (Wildman–Crippen LogP) is 3.59. The predicted molar refractivity (Wildman–Crippen MR) is 100 cm³/mol. The number of ether oxygens (including phenoxy) is 3. The van der Waals surface area contributed by atoms with Crippen LogP contribution in [0.2, 0.25) is 0 Å². The lowest BCUT2D eigenvalue weighted by Gasteiger charge is -2.06. The molecule has 0 amide bonds. The van der Waals surface area contributed by atoms with Crippen LogP contribution in [-0.2, 0) is 27.1 Å². The van der Waals surface area contributed by atoms with E-state index < -0.39 is 17.9 Å². The molecule has 7 nitrogen and oxygen atoms in total. The highest BCUT2D eigenvalue weighted by atomic mass is 16.6. The number of hydrogen-bond donors (Lipinski definition) is 0. The molecule has 0 spiro atoms. The Bertz CT molecular complexity index is 821. The van der Waals surface area contributed by atoms with E-state index in [0.717, 1.165) is 5.56 Å². The van der Waals surface area contributed by atoms with Gasteiger partial charge in [-0.25, -0.2) is 14.4 Å². The van der Waals surface area contributed by atoms with Gasteiger partial charge in [-0.15, -0.1) is 0 Å². The zero-order chi connectivity index (χ0) is 20.5. The van der Waals surface area contributed by atoms with E-state index >= 15 is 0 Å². The van der Waals surface area contributed by atoms with Crippen molar-refractivity contribution in [1.29, 1.82) is 0 Å². The van der Waals surface area contributed by atoms with E-state index in [0.29, 0.717) is 12.8 Å². The van der Waals surface area contributed by atoms with Crippen molar-refractivity contribution in [2.45, 2.75) is 33.6 Å². The van der Waals surface area contributed by atoms with Gasteiger partial charge in [0, 0.05) is 6.42 Å². The molecule has 0 saturated heterocycles. The molecule has 2 aromatic rings. The van der Waals surface area contributed by atoms with Gasteiger partial charge in [0.2, 0.25) is 5.76 Å². The molecule has 0 aliphatic rings. The Morgan fingerprint density at radius 3 is 1.86 bits per heavy atom. The monoisotopic (exact) mass is 388 g/mol. The van der Waals surface area contributed by atoms with Gasteiger partial charge in [0.15, 0.2) is 0 Å². The van der Waals surface area contributed by atoms with Crippen LogP contribution in [0.5, 0.6) is 0 Å². The SMILES string of the molecule is CCOC(=O)c1oc(CCc2ccccc2)c(C(=O)OCC)c1C(=O)OCC. The van der Waals surface area contributed by atoms with Crippen molar-refractivity contribution in [2.24, 2.45) is 0 Å². The molecule has 1 aromatic carbocycles. The smallest absolute Gasteiger partial charge is 0.375 e. The molecule has 0 aliphatic heterocycles. The van der Waals surface area contributed by atoms with Crippen LogP contribution in [0.1, 0.15) is 63.4 Å². The van der Waals surface area contributed by atoms with Crippen LogP contribution in [0.4, 0.5) is 0 Å². The van der Waals surface area contributed by atoms with Gasteiger partial charge in [0.1, 0.15) is 16.9 Å². The number of rotatable bonds is 9. The lowest BCUT2D eigenvalue weighted by atomic mass is 10.0. The molecule has 0 fully saturated rings. The van der Waals surface area contributed by atoms with E-state index in [2.05, 4.69) is 0 Å². The molecule has 150 valence electrons. The normalized spacial score (nSPS) is 10.4. The van der Waals surface area contributed by atoms with Gasteiger partial charge in [-0.3, -0.25) is 0 Å². The van der Waals surface area contributed by atoms with E-state index in [1.807, 2.05) is 30.3 Å². The third-order valence-electron chi connectivity index (χ3n) is 3.88. The number of benzene rings is 1. The Morgan fingerprint density at radius 1 is 0.750 bits per heavy atom. The highest BCUT2D eigenvalue weighted by Gasteiger charge is 2.35. The van der Waals surface area contributed by atoms with Gasteiger partial charge in [0.25, 0.3) is 0 Å². The summed E-state index contributed by atoms with van der Waals surface area (Å²) >= 11 is 0. The fraction of sp³-hybridized carbons (Fsp3) is 0.381.